The van der Waals surface area contributed by atoms with Crippen molar-refractivity contribution in [2.45, 2.75) is 32.6 Å². The molecule has 3 nitrogen and oxygen atoms in total. The monoisotopic (exact) mass is 192 g/mol. The lowest BCUT2D eigenvalue weighted by atomic mass is 10.2. The van der Waals surface area contributed by atoms with Gasteiger partial charge in [0.1, 0.15) is 0 Å². The number of rotatable bonds is 7. The molecule has 0 rings (SSSR count). The summed E-state index contributed by atoms with van der Waals surface area (Å²) in [7, 11) is -3.44. The highest BCUT2D eigenvalue weighted by Crippen LogP contribution is 2.01. The topological polar surface area (TPSA) is 43.4 Å². The van der Waals surface area contributed by atoms with Crippen LogP contribution in [0.2, 0.25) is 0 Å². The first kappa shape index (κ1) is 11.6. The van der Waals surface area contributed by atoms with Crippen LogP contribution in [-0.2, 0) is 14.3 Å². The fraction of sp³-hybridized carbons (Fsp3) is 0.750. The predicted octanol–water partition coefficient (Wildman–Crippen LogP) is 2.06. The Morgan fingerprint density at radius 3 is 2.50 bits per heavy atom. The molecular weight excluding hydrogens is 176 g/mol. The Hall–Kier alpha value is -0.350. The summed E-state index contributed by atoms with van der Waals surface area (Å²) in [6, 6.07) is 0. The number of hydrogen-bond donors (Lipinski definition) is 0. The van der Waals surface area contributed by atoms with Crippen LogP contribution in [0.4, 0.5) is 0 Å². The Kier molecular flexibility index (Phi) is 6.02. The van der Waals surface area contributed by atoms with E-state index in [4.69, 9.17) is 0 Å². The average molecular weight is 192 g/mol. The molecule has 72 valence electrons. The van der Waals surface area contributed by atoms with Crippen molar-refractivity contribution < 1.29 is 12.6 Å². The maximum atomic E-state index is 10.7. The quantitative estimate of drug-likeness (QED) is 0.458. The largest absolute Gasteiger partial charge is 0.289 e. The third-order valence-electron chi connectivity index (χ3n) is 1.45. The molecule has 0 aliphatic heterocycles. The van der Waals surface area contributed by atoms with Crippen molar-refractivity contribution >= 4 is 10.1 Å². The van der Waals surface area contributed by atoms with E-state index >= 15 is 0 Å². The highest BCUT2D eigenvalue weighted by Gasteiger charge is 2.02. The van der Waals surface area contributed by atoms with E-state index in [0.29, 0.717) is 0 Å². The van der Waals surface area contributed by atoms with Crippen molar-refractivity contribution in [2.24, 2.45) is 0 Å². The first-order valence-electron chi connectivity index (χ1n) is 4.14. The Morgan fingerprint density at radius 2 is 2.00 bits per heavy atom. The zero-order chi connectivity index (χ0) is 9.45. The zero-order valence-corrected chi connectivity index (χ0v) is 8.27. The normalized spacial score (nSPS) is 11.4. The van der Waals surface area contributed by atoms with Gasteiger partial charge in [-0.25, -0.2) is 0 Å². The lowest BCUT2D eigenvalue weighted by Crippen LogP contribution is -2.02. The van der Waals surface area contributed by atoms with Crippen LogP contribution in [0.5, 0.6) is 0 Å². The van der Waals surface area contributed by atoms with E-state index in [1.165, 1.54) is 0 Å². The van der Waals surface area contributed by atoms with Gasteiger partial charge in [-0.3, -0.25) is 4.18 Å². The van der Waals surface area contributed by atoms with Gasteiger partial charge in [0.2, 0.25) is 0 Å². The molecule has 0 saturated carbocycles. The van der Waals surface area contributed by atoms with Crippen LogP contribution in [0.3, 0.4) is 0 Å². The van der Waals surface area contributed by atoms with E-state index < -0.39 is 10.1 Å². The first-order valence-corrected chi connectivity index (χ1v) is 5.61. The molecule has 12 heavy (non-hydrogen) atoms. The van der Waals surface area contributed by atoms with Crippen LogP contribution in [0.15, 0.2) is 12.0 Å². The van der Waals surface area contributed by atoms with E-state index in [1.807, 2.05) is 0 Å². The molecule has 0 aliphatic carbocycles. The summed E-state index contributed by atoms with van der Waals surface area (Å²) in [5, 5.41) is 0.826. The lowest BCUT2D eigenvalue weighted by molar-refractivity contribution is 0.312. The van der Waals surface area contributed by atoms with E-state index in [1.54, 1.807) is 0 Å². The molecule has 0 spiro atoms. The smallest absolute Gasteiger partial charge is 0.267 e. The van der Waals surface area contributed by atoms with Gasteiger partial charge in [0, 0.05) is 0 Å². The minimum atomic E-state index is -3.44. The molecular formula is C8H16O3S. The molecule has 0 unspecified atom stereocenters. The summed E-state index contributed by atoms with van der Waals surface area (Å²) in [5.74, 6) is 0. The zero-order valence-electron chi connectivity index (χ0n) is 7.45. The molecule has 0 aliphatic rings. The standard InChI is InChI=1S/C8H16O3S/c1-3-5-6-7-8-11-12(9,10)4-2/h4H,2-3,5-8H2,1H3. The van der Waals surface area contributed by atoms with Gasteiger partial charge in [0.15, 0.2) is 0 Å². The second kappa shape index (κ2) is 6.20. The van der Waals surface area contributed by atoms with Crippen LogP contribution in [-0.4, -0.2) is 15.0 Å². The minimum absolute atomic E-state index is 0.272. The molecule has 0 fully saturated rings. The van der Waals surface area contributed by atoms with Crippen molar-refractivity contribution in [1.29, 1.82) is 0 Å². The van der Waals surface area contributed by atoms with Crippen LogP contribution in [0.1, 0.15) is 32.6 Å². The van der Waals surface area contributed by atoms with Crippen molar-refractivity contribution in [3.63, 3.8) is 0 Å². The molecule has 0 bridgehead atoms. The maximum absolute atomic E-state index is 10.7. The summed E-state index contributed by atoms with van der Waals surface area (Å²) < 4.78 is 26.0. The molecule has 0 aromatic carbocycles. The summed E-state index contributed by atoms with van der Waals surface area (Å²) >= 11 is 0. The Labute approximate surface area is 74.6 Å². The van der Waals surface area contributed by atoms with Gasteiger partial charge in [0.05, 0.1) is 12.0 Å². The van der Waals surface area contributed by atoms with Crippen molar-refractivity contribution in [2.75, 3.05) is 6.61 Å². The van der Waals surface area contributed by atoms with Gasteiger partial charge in [-0.2, -0.15) is 8.42 Å². The Morgan fingerprint density at radius 1 is 1.33 bits per heavy atom. The van der Waals surface area contributed by atoms with E-state index in [2.05, 4.69) is 17.7 Å². The third-order valence-corrected chi connectivity index (χ3v) is 2.35. The van der Waals surface area contributed by atoms with Gasteiger partial charge >= 0.3 is 0 Å². The SMILES string of the molecule is C=CS(=O)(=O)OCCCCCC. The number of unbranched alkanes of at least 4 members (excludes halogenated alkanes) is 3. The average Bonchev–Trinajstić information content (AvgIpc) is 2.04. The second-order valence-corrected chi connectivity index (χ2v) is 4.10. The van der Waals surface area contributed by atoms with Gasteiger partial charge < -0.3 is 0 Å². The Bertz CT molecular complexity index is 206. The Balaban J connectivity index is 3.38. The van der Waals surface area contributed by atoms with Crippen LogP contribution >= 0.6 is 0 Å². The second-order valence-electron chi connectivity index (χ2n) is 2.54. The van der Waals surface area contributed by atoms with Gasteiger partial charge in [-0.05, 0) is 6.42 Å². The van der Waals surface area contributed by atoms with Crippen LogP contribution < -0.4 is 0 Å². The van der Waals surface area contributed by atoms with Gasteiger partial charge in [-0.1, -0.05) is 32.8 Å². The summed E-state index contributed by atoms with van der Waals surface area (Å²) in [6.45, 7) is 5.51. The minimum Gasteiger partial charge on any atom is -0.267 e. The molecule has 0 aromatic rings. The maximum Gasteiger partial charge on any atom is 0.289 e. The molecule has 0 heterocycles. The summed E-state index contributed by atoms with van der Waals surface area (Å²) in [5.41, 5.74) is 0. The van der Waals surface area contributed by atoms with E-state index in [0.717, 1.165) is 31.1 Å². The molecule has 0 amide bonds. The van der Waals surface area contributed by atoms with Crippen LogP contribution in [0.25, 0.3) is 0 Å². The molecule has 4 heteroatoms. The summed E-state index contributed by atoms with van der Waals surface area (Å²) in [4.78, 5) is 0. The lowest BCUT2D eigenvalue weighted by Gasteiger charge is -1.99. The summed E-state index contributed by atoms with van der Waals surface area (Å²) in [6.07, 6.45) is 4.07. The fourth-order valence-corrected chi connectivity index (χ4v) is 1.20. The van der Waals surface area contributed by atoms with Crippen molar-refractivity contribution in [1.82, 2.24) is 0 Å². The van der Waals surface area contributed by atoms with E-state index in [-0.39, 0.29) is 6.61 Å². The fourth-order valence-electron chi connectivity index (χ4n) is 0.752. The highest BCUT2D eigenvalue weighted by molar-refractivity contribution is 7.89. The third kappa shape index (κ3) is 6.37. The van der Waals surface area contributed by atoms with Crippen LogP contribution in [0, 0.1) is 0 Å². The molecule has 0 N–H and O–H groups in total. The molecule has 0 saturated heterocycles. The highest BCUT2D eigenvalue weighted by atomic mass is 32.2. The van der Waals surface area contributed by atoms with Crippen molar-refractivity contribution in [3.8, 4) is 0 Å². The number of hydrogen-bond acceptors (Lipinski definition) is 3. The molecule has 0 radical (unpaired) electrons. The van der Waals surface area contributed by atoms with Gasteiger partial charge in [0.25, 0.3) is 10.1 Å². The van der Waals surface area contributed by atoms with Gasteiger partial charge in [-0.15, -0.1) is 0 Å². The van der Waals surface area contributed by atoms with Crippen molar-refractivity contribution in [3.05, 3.63) is 12.0 Å². The predicted molar refractivity (Wildman–Crippen MR) is 49.2 cm³/mol. The van der Waals surface area contributed by atoms with E-state index in [9.17, 15) is 8.42 Å². The molecule has 0 aromatic heterocycles. The molecule has 0 atom stereocenters. The first-order chi connectivity index (χ1) is 5.62.